The Balaban J connectivity index is 1.97. The summed E-state index contributed by atoms with van der Waals surface area (Å²) in [4.78, 5) is 16.2. The molecule has 7 nitrogen and oxygen atoms in total. The molecule has 2 N–H and O–H groups in total. The third-order valence-electron chi connectivity index (χ3n) is 2.65. The normalized spacial score (nSPS) is 10.4. The number of anilines is 1. The minimum Gasteiger partial charge on any atom is -0.424 e. The lowest BCUT2D eigenvalue weighted by Gasteiger charge is -2.08. The van der Waals surface area contributed by atoms with Crippen molar-refractivity contribution in [2.75, 3.05) is 5.73 Å². The number of ether oxygens (including phenoxy) is 1. The van der Waals surface area contributed by atoms with E-state index in [1.54, 1.807) is 23.3 Å². The molecular formula is C13H12N6O. The molecule has 1 aromatic carbocycles. The molecule has 0 aliphatic heterocycles. The molecule has 3 aromatic rings. The van der Waals surface area contributed by atoms with E-state index in [4.69, 9.17) is 10.5 Å². The number of nitrogen functional groups attached to an aromatic ring is 1. The molecule has 0 unspecified atom stereocenters. The zero-order chi connectivity index (χ0) is 13.9. The van der Waals surface area contributed by atoms with E-state index < -0.39 is 0 Å². The highest BCUT2D eigenvalue weighted by molar-refractivity contribution is 5.35. The predicted octanol–water partition coefficient (Wildman–Crippen LogP) is 1.74. The summed E-state index contributed by atoms with van der Waals surface area (Å²) in [6.07, 6.45) is 4.92. The van der Waals surface area contributed by atoms with Crippen molar-refractivity contribution < 1.29 is 4.74 Å². The fourth-order valence-corrected chi connectivity index (χ4v) is 1.67. The van der Waals surface area contributed by atoms with Gasteiger partial charge in [-0.2, -0.15) is 15.0 Å². The summed E-state index contributed by atoms with van der Waals surface area (Å²) in [5.74, 6) is 1.13. The van der Waals surface area contributed by atoms with Gasteiger partial charge in [0, 0.05) is 12.4 Å². The van der Waals surface area contributed by atoms with Crippen molar-refractivity contribution in [3.63, 3.8) is 0 Å². The van der Waals surface area contributed by atoms with E-state index in [9.17, 15) is 0 Å². The van der Waals surface area contributed by atoms with Gasteiger partial charge in [-0.1, -0.05) is 18.2 Å². The highest BCUT2D eigenvalue weighted by Gasteiger charge is 2.09. The summed E-state index contributed by atoms with van der Waals surface area (Å²) in [7, 11) is 0. The van der Waals surface area contributed by atoms with E-state index in [0.717, 1.165) is 5.56 Å². The Labute approximate surface area is 115 Å². The van der Waals surface area contributed by atoms with Crippen molar-refractivity contribution in [3.8, 4) is 17.7 Å². The first kappa shape index (κ1) is 12.1. The monoisotopic (exact) mass is 268 g/mol. The molecule has 0 atom stereocenters. The number of nitrogens with zero attached hydrogens (tertiary/aromatic N) is 5. The zero-order valence-corrected chi connectivity index (χ0v) is 10.8. The molecular weight excluding hydrogens is 256 g/mol. The number of benzene rings is 1. The van der Waals surface area contributed by atoms with Gasteiger partial charge in [-0.25, -0.2) is 4.98 Å². The second-order valence-corrected chi connectivity index (χ2v) is 4.11. The number of rotatable bonds is 3. The maximum atomic E-state index is 5.68. The first-order valence-corrected chi connectivity index (χ1v) is 5.96. The molecule has 0 radical (unpaired) electrons. The average molecular weight is 268 g/mol. The SMILES string of the molecule is Cc1ccccc1Oc1nc(N)nc(-n2ccnc2)n1. The van der Waals surface area contributed by atoms with Crippen LogP contribution in [0.5, 0.6) is 11.8 Å². The second kappa shape index (κ2) is 4.96. The van der Waals surface area contributed by atoms with Crippen molar-refractivity contribution in [2.24, 2.45) is 0 Å². The Morgan fingerprint density at radius 3 is 2.75 bits per heavy atom. The van der Waals surface area contributed by atoms with Gasteiger partial charge in [0.25, 0.3) is 0 Å². The maximum absolute atomic E-state index is 5.68. The molecule has 0 fully saturated rings. The van der Waals surface area contributed by atoms with Crippen LogP contribution in [0.3, 0.4) is 0 Å². The van der Waals surface area contributed by atoms with Gasteiger partial charge in [0.1, 0.15) is 12.1 Å². The van der Waals surface area contributed by atoms with Gasteiger partial charge in [-0.05, 0) is 18.6 Å². The van der Waals surface area contributed by atoms with Crippen molar-refractivity contribution in [2.45, 2.75) is 6.92 Å². The number of hydrogen-bond donors (Lipinski definition) is 1. The fraction of sp³-hybridized carbons (Fsp3) is 0.0769. The number of aryl methyl sites for hydroxylation is 1. The molecule has 0 aliphatic rings. The molecule has 2 heterocycles. The average Bonchev–Trinajstić information content (AvgIpc) is 2.95. The maximum Gasteiger partial charge on any atom is 0.328 e. The van der Waals surface area contributed by atoms with Crippen LogP contribution in [0.4, 0.5) is 5.95 Å². The van der Waals surface area contributed by atoms with Gasteiger partial charge < -0.3 is 10.5 Å². The lowest BCUT2D eigenvalue weighted by molar-refractivity contribution is 0.436. The Hall–Kier alpha value is -2.96. The first-order chi connectivity index (χ1) is 9.72. The number of nitrogens with two attached hydrogens (primary N) is 1. The van der Waals surface area contributed by atoms with Gasteiger partial charge in [0.2, 0.25) is 11.9 Å². The molecule has 0 spiro atoms. The van der Waals surface area contributed by atoms with E-state index >= 15 is 0 Å². The smallest absolute Gasteiger partial charge is 0.328 e. The quantitative estimate of drug-likeness (QED) is 0.777. The first-order valence-electron chi connectivity index (χ1n) is 5.96. The third kappa shape index (κ3) is 2.41. The second-order valence-electron chi connectivity index (χ2n) is 4.11. The summed E-state index contributed by atoms with van der Waals surface area (Å²) in [5.41, 5.74) is 6.66. The number of hydrogen-bond acceptors (Lipinski definition) is 6. The Kier molecular flexibility index (Phi) is 3.00. The molecule has 0 amide bonds. The molecule has 0 aliphatic carbocycles. The summed E-state index contributed by atoms with van der Waals surface area (Å²) < 4.78 is 7.28. The van der Waals surface area contributed by atoms with Crippen molar-refractivity contribution in [1.29, 1.82) is 0 Å². The summed E-state index contributed by atoms with van der Waals surface area (Å²) in [5, 5.41) is 0. The van der Waals surface area contributed by atoms with Crippen molar-refractivity contribution >= 4 is 5.95 Å². The van der Waals surface area contributed by atoms with Crippen LogP contribution in [0.15, 0.2) is 43.0 Å². The molecule has 0 bridgehead atoms. The van der Waals surface area contributed by atoms with Gasteiger partial charge in [-0.3, -0.25) is 4.57 Å². The molecule has 7 heteroatoms. The highest BCUT2D eigenvalue weighted by Crippen LogP contribution is 2.22. The van der Waals surface area contributed by atoms with E-state index in [-0.39, 0.29) is 12.0 Å². The minimum atomic E-state index is 0.0901. The molecule has 100 valence electrons. The standard InChI is InChI=1S/C13H12N6O/c1-9-4-2-3-5-10(9)20-13-17-11(14)16-12(18-13)19-7-6-15-8-19/h2-8H,1H3,(H2,14,16,17,18). The predicted molar refractivity (Wildman–Crippen MR) is 72.6 cm³/mol. The largest absolute Gasteiger partial charge is 0.424 e. The van der Waals surface area contributed by atoms with Gasteiger partial charge in [0.15, 0.2) is 0 Å². The number of para-hydroxylation sites is 1. The lowest BCUT2D eigenvalue weighted by Crippen LogP contribution is -2.06. The summed E-state index contributed by atoms with van der Waals surface area (Å²) >= 11 is 0. The van der Waals surface area contributed by atoms with Crippen LogP contribution in [-0.4, -0.2) is 24.5 Å². The zero-order valence-electron chi connectivity index (χ0n) is 10.8. The van der Waals surface area contributed by atoms with Crippen LogP contribution in [-0.2, 0) is 0 Å². The lowest BCUT2D eigenvalue weighted by atomic mass is 10.2. The molecule has 0 saturated carbocycles. The Morgan fingerprint density at radius 2 is 2.00 bits per heavy atom. The third-order valence-corrected chi connectivity index (χ3v) is 2.65. The van der Waals surface area contributed by atoms with Crippen LogP contribution in [0.1, 0.15) is 5.56 Å². The van der Waals surface area contributed by atoms with Crippen LogP contribution in [0, 0.1) is 6.92 Å². The van der Waals surface area contributed by atoms with Gasteiger partial charge in [0.05, 0.1) is 0 Å². The van der Waals surface area contributed by atoms with Crippen LogP contribution < -0.4 is 10.5 Å². The highest BCUT2D eigenvalue weighted by atomic mass is 16.5. The van der Waals surface area contributed by atoms with E-state index in [1.165, 1.54) is 0 Å². The van der Waals surface area contributed by atoms with Crippen LogP contribution in [0.25, 0.3) is 5.95 Å². The van der Waals surface area contributed by atoms with Crippen molar-refractivity contribution in [1.82, 2.24) is 24.5 Å². The molecule has 20 heavy (non-hydrogen) atoms. The van der Waals surface area contributed by atoms with E-state index in [1.807, 2.05) is 31.2 Å². The van der Waals surface area contributed by atoms with Gasteiger partial charge in [-0.15, -0.1) is 0 Å². The number of imidazole rings is 1. The van der Waals surface area contributed by atoms with Crippen molar-refractivity contribution in [3.05, 3.63) is 48.5 Å². The molecule has 2 aromatic heterocycles. The van der Waals surface area contributed by atoms with E-state index in [0.29, 0.717) is 11.7 Å². The molecule has 3 rings (SSSR count). The Morgan fingerprint density at radius 1 is 1.15 bits per heavy atom. The number of aromatic nitrogens is 5. The molecule has 0 saturated heterocycles. The topological polar surface area (TPSA) is 91.7 Å². The van der Waals surface area contributed by atoms with Crippen LogP contribution in [0.2, 0.25) is 0 Å². The van der Waals surface area contributed by atoms with E-state index in [2.05, 4.69) is 19.9 Å². The minimum absolute atomic E-state index is 0.0901. The van der Waals surface area contributed by atoms with Gasteiger partial charge >= 0.3 is 6.01 Å². The Bertz CT molecular complexity index is 725. The summed E-state index contributed by atoms with van der Waals surface area (Å²) in [6.45, 7) is 1.94. The summed E-state index contributed by atoms with van der Waals surface area (Å²) in [6, 6.07) is 7.74. The van der Waals surface area contributed by atoms with Crippen LogP contribution >= 0.6 is 0 Å². The fourth-order valence-electron chi connectivity index (χ4n) is 1.67.